The lowest BCUT2D eigenvalue weighted by Gasteiger charge is -2.24. The fourth-order valence-corrected chi connectivity index (χ4v) is 5.03. The van der Waals surface area contributed by atoms with Crippen LogP contribution in [0.2, 0.25) is 0 Å². The molecule has 2 N–H and O–H groups in total. The molecule has 4 rings (SSSR count). The fraction of sp³-hybridized carbons (Fsp3) is 0.350. The highest BCUT2D eigenvalue weighted by atomic mass is 32.2. The number of aromatic nitrogens is 3. The molecule has 0 aliphatic heterocycles. The Kier molecular flexibility index (Phi) is 5.44. The van der Waals surface area contributed by atoms with Gasteiger partial charge in [0.25, 0.3) is 0 Å². The summed E-state index contributed by atoms with van der Waals surface area (Å²) in [7, 11) is -2.07. The van der Waals surface area contributed by atoms with Gasteiger partial charge in [-0.3, -0.25) is 9.78 Å². The molecular weight excluding hydrogens is 408 g/mol. The lowest BCUT2D eigenvalue weighted by molar-refractivity contribution is -0.137. The predicted molar refractivity (Wildman–Crippen MR) is 109 cm³/mol. The predicted octanol–water partition coefficient (Wildman–Crippen LogP) is 1.40. The summed E-state index contributed by atoms with van der Waals surface area (Å²) in [6, 6.07) is 6.60. The number of methoxy groups -OCH3 is 1. The van der Waals surface area contributed by atoms with Crippen LogP contribution in [0.25, 0.3) is 11.0 Å². The highest BCUT2D eigenvalue weighted by Crippen LogP contribution is 2.31. The molecule has 3 heterocycles. The van der Waals surface area contributed by atoms with Crippen molar-refractivity contribution in [3.8, 4) is 5.88 Å². The number of sulfone groups is 1. The number of carboxylic acid groups (broad SMARTS) is 1. The van der Waals surface area contributed by atoms with E-state index in [-0.39, 0.29) is 23.4 Å². The number of rotatable bonds is 7. The monoisotopic (exact) mass is 430 g/mol. The maximum Gasteiger partial charge on any atom is 0.323 e. The summed E-state index contributed by atoms with van der Waals surface area (Å²) in [5.41, 5.74) is 3.52. The number of fused-ring (bicyclic) bond motifs is 3. The second-order valence-corrected chi connectivity index (χ2v) is 9.21. The molecule has 1 aliphatic rings. The summed E-state index contributed by atoms with van der Waals surface area (Å²) in [5.74, 6) is -0.757. The third-order valence-electron chi connectivity index (χ3n) is 5.35. The molecule has 1 unspecified atom stereocenters. The first-order chi connectivity index (χ1) is 14.4. The number of nitrogens with zero attached hydrogens (tertiary/aromatic N) is 3. The van der Waals surface area contributed by atoms with Gasteiger partial charge in [0.2, 0.25) is 5.88 Å². The van der Waals surface area contributed by atoms with Gasteiger partial charge in [0, 0.05) is 35.8 Å². The van der Waals surface area contributed by atoms with E-state index >= 15 is 0 Å². The van der Waals surface area contributed by atoms with Gasteiger partial charge in [-0.15, -0.1) is 0 Å². The molecular formula is C20H22N4O5S. The topological polar surface area (TPSA) is 123 Å². The smallest absolute Gasteiger partial charge is 0.323 e. The van der Waals surface area contributed by atoms with E-state index in [1.807, 2.05) is 6.07 Å². The average molecular weight is 430 g/mol. The minimum atomic E-state index is -3.54. The molecule has 30 heavy (non-hydrogen) atoms. The maximum absolute atomic E-state index is 12.6. The van der Waals surface area contributed by atoms with Crippen molar-refractivity contribution in [2.45, 2.75) is 36.7 Å². The Balaban J connectivity index is 1.52. The van der Waals surface area contributed by atoms with E-state index in [4.69, 9.17) is 4.74 Å². The quantitative estimate of drug-likeness (QED) is 0.577. The Morgan fingerprint density at radius 3 is 2.87 bits per heavy atom. The molecule has 0 amide bonds. The van der Waals surface area contributed by atoms with Gasteiger partial charge in [0.15, 0.2) is 9.84 Å². The molecule has 0 spiro atoms. The van der Waals surface area contributed by atoms with Crippen molar-refractivity contribution >= 4 is 26.8 Å². The lowest BCUT2D eigenvalue weighted by Crippen LogP contribution is -2.38. The standard InChI is InChI=1S/C20H22N4O5S/c1-29-18-7-5-14(10-22-18)30(27,28)12-23-13-4-6-16-15(9-13)20-17(3-2-8-21-20)24(16)11-19(25)26/h2-3,5,7-8,10,13,23H,4,6,9,11-12H2,1H3,(H,25,26). The number of hydrogen-bond acceptors (Lipinski definition) is 7. The number of pyridine rings is 2. The highest BCUT2D eigenvalue weighted by molar-refractivity contribution is 7.91. The average Bonchev–Trinajstić information content (AvgIpc) is 3.05. The fourth-order valence-electron chi connectivity index (χ4n) is 3.92. The van der Waals surface area contributed by atoms with Crippen LogP contribution >= 0.6 is 0 Å². The highest BCUT2D eigenvalue weighted by Gasteiger charge is 2.28. The van der Waals surface area contributed by atoms with Crippen molar-refractivity contribution in [3.05, 3.63) is 47.9 Å². The Hall–Kier alpha value is -2.98. The number of ether oxygens (including phenoxy) is 1. The molecule has 3 aromatic heterocycles. The van der Waals surface area contributed by atoms with Crippen molar-refractivity contribution in [2.75, 3.05) is 13.0 Å². The summed E-state index contributed by atoms with van der Waals surface area (Å²) < 4.78 is 32.0. The molecule has 1 atom stereocenters. The normalized spacial score (nSPS) is 16.4. The third-order valence-corrected chi connectivity index (χ3v) is 6.86. The molecule has 0 radical (unpaired) electrons. The van der Waals surface area contributed by atoms with Gasteiger partial charge in [-0.25, -0.2) is 13.4 Å². The van der Waals surface area contributed by atoms with E-state index in [9.17, 15) is 18.3 Å². The zero-order valence-electron chi connectivity index (χ0n) is 16.4. The molecule has 1 aliphatic carbocycles. The van der Waals surface area contributed by atoms with Crippen LogP contribution in [-0.2, 0) is 34.0 Å². The molecule has 10 heteroatoms. The van der Waals surface area contributed by atoms with Crippen LogP contribution in [0.1, 0.15) is 17.7 Å². The first-order valence-corrected chi connectivity index (χ1v) is 11.2. The number of nitrogens with one attached hydrogen (secondary N) is 1. The van der Waals surface area contributed by atoms with Gasteiger partial charge in [-0.1, -0.05) is 0 Å². The van der Waals surface area contributed by atoms with E-state index in [2.05, 4.69) is 15.3 Å². The number of carbonyl (C=O) groups is 1. The summed E-state index contributed by atoms with van der Waals surface area (Å²) in [6.07, 6.45) is 4.93. The largest absolute Gasteiger partial charge is 0.481 e. The Morgan fingerprint density at radius 2 is 2.17 bits per heavy atom. The maximum atomic E-state index is 12.6. The van der Waals surface area contributed by atoms with Crippen LogP contribution < -0.4 is 10.1 Å². The minimum Gasteiger partial charge on any atom is -0.481 e. The Labute approximate surface area is 173 Å². The van der Waals surface area contributed by atoms with Gasteiger partial charge in [-0.2, -0.15) is 0 Å². The van der Waals surface area contributed by atoms with Crippen molar-refractivity contribution in [2.24, 2.45) is 0 Å². The number of hydrogen-bond donors (Lipinski definition) is 2. The summed E-state index contributed by atoms with van der Waals surface area (Å²) in [5, 5.41) is 12.4. The van der Waals surface area contributed by atoms with Gasteiger partial charge >= 0.3 is 5.97 Å². The minimum absolute atomic E-state index is 0.0515. The van der Waals surface area contributed by atoms with E-state index in [1.54, 1.807) is 16.8 Å². The van der Waals surface area contributed by atoms with E-state index in [1.165, 1.54) is 25.4 Å². The van der Waals surface area contributed by atoms with Crippen LogP contribution in [0.5, 0.6) is 5.88 Å². The van der Waals surface area contributed by atoms with E-state index < -0.39 is 15.8 Å². The SMILES string of the molecule is COc1ccc(S(=O)(=O)CNC2CCc3c(c4ncccc4n3CC(=O)O)C2)cn1. The molecule has 9 nitrogen and oxygen atoms in total. The van der Waals surface area contributed by atoms with Crippen molar-refractivity contribution in [3.63, 3.8) is 0 Å². The van der Waals surface area contributed by atoms with Crippen LogP contribution in [0.15, 0.2) is 41.6 Å². The van der Waals surface area contributed by atoms with Gasteiger partial charge in [-0.05, 0) is 37.5 Å². The molecule has 3 aromatic rings. The summed E-state index contributed by atoms with van der Waals surface area (Å²) >= 11 is 0. The molecule has 0 fully saturated rings. The van der Waals surface area contributed by atoms with Crippen LogP contribution in [-0.4, -0.2) is 53.1 Å². The zero-order valence-corrected chi connectivity index (χ0v) is 17.2. The molecule has 0 saturated carbocycles. The van der Waals surface area contributed by atoms with E-state index in [0.717, 1.165) is 22.3 Å². The number of aliphatic carboxylic acids is 1. The van der Waals surface area contributed by atoms with Crippen LogP contribution in [0.4, 0.5) is 0 Å². The Morgan fingerprint density at radius 1 is 1.33 bits per heavy atom. The molecule has 158 valence electrons. The van der Waals surface area contributed by atoms with Crippen LogP contribution in [0, 0.1) is 0 Å². The molecule has 0 bridgehead atoms. The van der Waals surface area contributed by atoms with Crippen molar-refractivity contribution in [1.82, 2.24) is 19.9 Å². The van der Waals surface area contributed by atoms with E-state index in [0.29, 0.717) is 25.1 Å². The van der Waals surface area contributed by atoms with Crippen molar-refractivity contribution < 1.29 is 23.1 Å². The second kappa shape index (κ2) is 8.04. The molecule has 0 saturated heterocycles. The van der Waals surface area contributed by atoms with Gasteiger partial charge in [0.05, 0.1) is 23.0 Å². The first-order valence-electron chi connectivity index (χ1n) is 9.52. The summed E-state index contributed by atoms with van der Waals surface area (Å²) in [4.78, 5) is 19.9. The van der Waals surface area contributed by atoms with Gasteiger partial charge < -0.3 is 19.7 Å². The lowest BCUT2D eigenvalue weighted by atomic mass is 9.92. The first kappa shape index (κ1) is 20.3. The molecule has 0 aromatic carbocycles. The Bertz CT molecular complexity index is 1190. The second-order valence-electron chi connectivity index (χ2n) is 7.22. The van der Waals surface area contributed by atoms with Crippen molar-refractivity contribution in [1.29, 1.82) is 0 Å². The van der Waals surface area contributed by atoms with Crippen LogP contribution in [0.3, 0.4) is 0 Å². The van der Waals surface area contributed by atoms with Gasteiger partial charge in [0.1, 0.15) is 12.4 Å². The third kappa shape index (κ3) is 3.88. The zero-order chi connectivity index (χ0) is 21.3. The number of carboxylic acids is 1. The summed E-state index contributed by atoms with van der Waals surface area (Å²) in [6.45, 7) is -0.117.